The van der Waals surface area contributed by atoms with Crippen molar-refractivity contribution in [3.63, 3.8) is 0 Å². The van der Waals surface area contributed by atoms with Crippen LogP contribution in [0.2, 0.25) is 0 Å². The van der Waals surface area contributed by atoms with E-state index < -0.39 is 10.0 Å². The summed E-state index contributed by atoms with van der Waals surface area (Å²) in [5.74, 6) is 0.789. The molecular formula is C19H24N2O5S. The van der Waals surface area contributed by atoms with Crippen LogP contribution in [0.1, 0.15) is 25.5 Å². The summed E-state index contributed by atoms with van der Waals surface area (Å²) in [6.45, 7) is 4.03. The maximum atomic E-state index is 12.2. The third-order valence-electron chi connectivity index (χ3n) is 3.58. The van der Waals surface area contributed by atoms with Gasteiger partial charge in [-0.05, 0) is 43.7 Å². The Labute approximate surface area is 159 Å². The van der Waals surface area contributed by atoms with E-state index in [0.717, 1.165) is 11.8 Å². The van der Waals surface area contributed by atoms with Gasteiger partial charge in [0.25, 0.3) is 5.91 Å². The molecule has 0 bridgehead atoms. The molecule has 27 heavy (non-hydrogen) atoms. The minimum atomic E-state index is -3.36. The van der Waals surface area contributed by atoms with Gasteiger partial charge in [0.15, 0.2) is 18.1 Å². The average molecular weight is 392 g/mol. The van der Waals surface area contributed by atoms with Crippen molar-refractivity contribution in [2.75, 3.05) is 24.2 Å². The van der Waals surface area contributed by atoms with E-state index in [0.29, 0.717) is 23.8 Å². The molecule has 0 aliphatic rings. The predicted octanol–water partition coefficient (Wildman–Crippen LogP) is 2.71. The highest BCUT2D eigenvalue weighted by atomic mass is 32.2. The van der Waals surface area contributed by atoms with E-state index >= 15 is 0 Å². The zero-order valence-electron chi connectivity index (χ0n) is 15.6. The van der Waals surface area contributed by atoms with E-state index in [4.69, 9.17) is 9.47 Å². The van der Waals surface area contributed by atoms with Crippen LogP contribution in [0.15, 0.2) is 48.5 Å². The first-order valence-electron chi connectivity index (χ1n) is 8.50. The van der Waals surface area contributed by atoms with E-state index in [1.54, 1.807) is 36.4 Å². The second-order valence-corrected chi connectivity index (χ2v) is 7.71. The molecule has 2 aromatic rings. The smallest absolute Gasteiger partial charge is 0.258 e. The topological polar surface area (TPSA) is 93.7 Å². The zero-order chi connectivity index (χ0) is 19.9. The van der Waals surface area contributed by atoms with Crippen LogP contribution < -0.4 is 19.5 Å². The molecule has 0 fully saturated rings. The molecule has 7 nitrogen and oxygen atoms in total. The third kappa shape index (κ3) is 6.82. The Kier molecular flexibility index (Phi) is 7.06. The fourth-order valence-corrected chi connectivity index (χ4v) is 2.99. The molecular weight excluding hydrogens is 368 g/mol. The van der Waals surface area contributed by atoms with Gasteiger partial charge in [-0.2, -0.15) is 0 Å². The standard InChI is InChI=1S/C19H24N2O5S/c1-4-25-17-10-5-6-11-18(17)26-13-19(22)20-14(2)15-8-7-9-16(12-15)21-27(3,23)24/h5-12,14,21H,4,13H2,1-3H3,(H,20,22). The van der Waals surface area contributed by atoms with Crippen LogP contribution in [0.3, 0.4) is 0 Å². The first-order valence-corrected chi connectivity index (χ1v) is 10.4. The summed E-state index contributed by atoms with van der Waals surface area (Å²) < 4.78 is 36.1. The molecule has 0 spiro atoms. The molecule has 0 aliphatic carbocycles. The molecule has 0 aliphatic heterocycles. The maximum Gasteiger partial charge on any atom is 0.258 e. The van der Waals surface area contributed by atoms with Gasteiger partial charge in [0.05, 0.1) is 18.9 Å². The van der Waals surface area contributed by atoms with Gasteiger partial charge < -0.3 is 14.8 Å². The SMILES string of the molecule is CCOc1ccccc1OCC(=O)NC(C)c1cccc(NS(C)(=O)=O)c1. The van der Waals surface area contributed by atoms with Gasteiger partial charge in [0.1, 0.15) is 0 Å². The Morgan fingerprint density at radius 1 is 1.07 bits per heavy atom. The molecule has 1 amide bonds. The second-order valence-electron chi connectivity index (χ2n) is 5.96. The molecule has 0 aromatic heterocycles. The van der Waals surface area contributed by atoms with Gasteiger partial charge in [-0.1, -0.05) is 24.3 Å². The largest absolute Gasteiger partial charge is 0.490 e. The van der Waals surface area contributed by atoms with Gasteiger partial charge in [-0.25, -0.2) is 8.42 Å². The summed E-state index contributed by atoms with van der Waals surface area (Å²) in [5, 5.41) is 2.83. The number of sulfonamides is 1. The highest BCUT2D eigenvalue weighted by Crippen LogP contribution is 2.26. The van der Waals surface area contributed by atoms with Crippen molar-refractivity contribution < 1.29 is 22.7 Å². The van der Waals surface area contributed by atoms with E-state index in [1.165, 1.54) is 0 Å². The molecule has 146 valence electrons. The lowest BCUT2D eigenvalue weighted by atomic mass is 10.1. The fraction of sp³-hybridized carbons (Fsp3) is 0.316. The van der Waals surface area contributed by atoms with E-state index in [9.17, 15) is 13.2 Å². The van der Waals surface area contributed by atoms with Crippen LogP contribution in [0.25, 0.3) is 0 Å². The molecule has 0 saturated carbocycles. The summed E-state index contributed by atoms with van der Waals surface area (Å²) in [6, 6.07) is 13.7. The Balaban J connectivity index is 1.95. The lowest BCUT2D eigenvalue weighted by Crippen LogP contribution is -2.31. The summed E-state index contributed by atoms with van der Waals surface area (Å²) in [5.41, 5.74) is 1.21. The number of para-hydroxylation sites is 2. The van der Waals surface area contributed by atoms with Gasteiger partial charge in [-0.3, -0.25) is 9.52 Å². The highest BCUT2D eigenvalue weighted by Gasteiger charge is 2.13. The Morgan fingerprint density at radius 2 is 1.74 bits per heavy atom. The van der Waals surface area contributed by atoms with E-state index in [2.05, 4.69) is 10.0 Å². The summed E-state index contributed by atoms with van der Waals surface area (Å²) in [6.07, 6.45) is 1.09. The number of nitrogens with one attached hydrogen (secondary N) is 2. The molecule has 2 N–H and O–H groups in total. The van der Waals surface area contributed by atoms with E-state index in [-0.39, 0.29) is 18.6 Å². The fourth-order valence-electron chi connectivity index (χ4n) is 2.44. The zero-order valence-corrected chi connectivity index (χ0v) is 16.4. The Hall–Kier alpha value is -2.74. The van der Waals surface area contributed by atoms with Crippen molar-refractivity contribution >= 4 is 21.6 Å². The van der Waals surface area contributed by atoms with Gasteiger partial charge in [0, 0.05) is 5.69 Å². The number of anilines is 1. The van der Waals surface area contributed by atoms with Crippen molar-refractivity contribution in [3.05, 3.63) is 54.1 Å². The second kappa shape index (κ2) is 9.27. The van der Waals surface area contributed by atoms with Gasteiger partial charge in [-0.15, -0.1) is 0 Å². The first-order chi connectivity index (χ1) is 12.8. The van der Waals surface area contributed by atoms with Gasteiger partial charge in [0.2, 0.25) is 10.0 Å². The Morgan fingerprint density at radius 3 is 2.37 bits per heavy atom. The lowest BCUT2D eigenvalue weighted by molar-refractivity contribution is -0.123. The van der Waals surface area contributed by atoms with Crippen molar-refractivity contribution in [3.8, 4) is 11.5 Å². The number of hydrogen-bond donors (Lipinski definition) is 2. The average Bonchev–Trinajstić information content (AvgIpc) is 2.60. The molecule has 1 unspecified atom stereocenters. The van der Waals surface area contributed by atoms with Crippen molar-refractivity contribution in [2.24, 2.45) is 0 Å². The van der Waals surface area contributed by atoms with Crippen LogP contribution >= 0.6 is 0 Å². The number of carbonyl (C=O) groups is 1. The predicted molar refractivity (Wildman–Crippen MR) is 105 cm³/mol. The summed E-state index contributed by atoms with van der Waals surface area (Å²) >= 11 is 0. The van der Waals surface area contributed by atoms with Crippen LogP contribution in [-0.4, -0.2) is 33.8 Å². The minimum Gasteiger partial charge on any atom is -0.490 e. The monoisotopic (exact) mass is 392 g/mol. The van der Waals surface area contributed by atoms with E-state index in [1.807, 2.05) is 26.0 Å². The molecule has 8 heteroatoms. The maximum absolute atomic E-state index is 12.2. The molecule has 2 aromatic carbocycles. The molecule has 0 heterocycles. The van der Waals surface area contributed by atoms with Crippen LogP contribution in [0, 0.1) is 0 Å². The van der Waals surface area contributed by atoms with Crippen molar-refractivity contribution in [1.29, 1.82) is 0 Å². The number of hydrogen-bond acceptors (Lipinski definition) is 5. The first kappa shape index (κ1) is 20.6. The summed E-state index contributed by atoms with van der Waals surface area (Å²) in [7, 11) is -3.36. The van der Waals surface area contributed by atoms with Crippen molar-refractivity contribution in [2.45, 2.75) is 19.9 Å². The molecule has 0 saturated heterocycles. The van der Waals surface area contributed by atoms with Crippen molar-refractivity contribution in [1.82, 2.24) is 5.32 Å². The number of benzene rings is 2. The highest BCUT2D eigenvalue weighted by molar-refractivity contribution is 7.92. The molecule has 2 rings (SSSR count). The number of carbonyl (C=O) groups excluding carboxylic acids is 1. The number of rotatable bonds is 9. The summed E-state index contributed by atoms with van der Waals surface area (Å²) in [4.78, 5) is 12.2. The molecule has 0 radical (unpaired) electrons. The normalized spacial score (nSPS) is 12.1. The third-order valence-corrected chi connectivity index (χ3v) is 4.18. The lowest BCUT2D eigenvalue weighted by Gasteiger charge is -2.16. The minimum absolute atomic E-state index is 0.157. The van der Waals surface area contributed by atoms with Crippen LogP contribution in [0.5, 0.6) is 11.5 Å². The van der Waals surface area contributed by atoms with Crippen LogP contribution in [-0.2, 0) is 14.8 Å². The molecule has 1 atom stereocenters. The quantitative estimate of drug-likeness (QED) is 0.684. The number of ether oxygens (including phenoxy) is 2. The van der Waals surface area contributed by atoms with Gasteiger partial charge >= 0.3 is 0 Å². The number of amides is 1. The van der Waals surface area contributed by atoms with Crippen LogP contribution in [0.4, 0.5) is 5.69 Å². The Bertz CT molecular complexity index is 883.